The van der Waals surface area contributed by atoms with Gasteiger partial charge in [0.1, 0.15) is 18.0 Å². The summed E-state index contributed by atoms with van der Waals surface area (Å²) in [4.78, 5) is 10.6. The molecule has 0 unspecified atom stereocenters. The number of rotatable bonds is 2. The summed E-state index contributed by atoms with van der Waals surface area (Å²) in [5.41, 5.74) is -0.108. The molecule has 0 spiro atoms. The Morgan fingerprint density at radius 1 is 1.44 bits per heavy atom. The first kappa shape index (κ1) is 11.1. The lowest BCUT2D eigenvalue weighted by molar-refractivity contribution is -0.0279. The van der Waals surface area contributed by atoms with Crippen LogP contribution in [-0.4, -0.2) is 42.3 Å². The summed E-state index contributed by atoms with van der Waals surface area (Å²) in [6.45, 7) is 6.67. The van der Waals surface area contributed by atoms with Crippen LogP contribution in [0.2, 0.25) is 0 Å². The number of anilines is 2. The molecule has 0 bridgehead atoms. The van der Waals surface area contributed by atoms with Gasteiger partial charge in [-0.1, -0.05) is 0 Å². The van der Waals surface area contributed by atoms with E-state index in [1.54, 1.807) is 6.33 Å². The van der Waals surface area contributed by atoms with E-state index in [0.717, 1.165) is 31.3 Å². The lowest BCUT2D eigenvalue weighted by Crippen LogP contribution is -2.48. The van der Waals surface area contributed by atoms with Gasteiger partial charge in [-0.15, -0.1) is 0 Å². The van der Waals surface area contributed by atoms with E-state index >= 15 is 0 Å². The maximum absolute atomic E-state index is 5.67. The summed E-state index contributed by atoms with van der Waals surface area (Å²) in [6, 6.07) is 1.96. The van der Waals surface area contributed by atoms with E-state index in [1.807, 2.05) is 13.1 Å². The lowest BCUT2D eigenvalue weighted by atomic mass is 10.1. The van der Waals surface area contributed by atoms with Gasteiger partial charge in [0, 0.05) is 26.2 Å². The van der Waals surface area contributed by atoms with Crippen molar-refractivity contribution in [2.75, 3.05) is 37.0 Å². The molecule has 1 aromatic heterocycles. The Morgan fingerprint density at radius 3 is 2.94 bits per heavy atom. The van der Waals surface area contributed by atoms with Crippen LogP contribution in [0.25, 0.3) is 0 Å². The third-order valence-corrected chi connectivity index (χ3v) is 2.66. The number of nitrogens with zero attached hydrogens (tertiary/aromatic N) is 3. The monoisotopic (exact) mass is 222 g/mol. The fraction of sp³-hybridized carbons (Fsp3) is 0.636. The van der Waals surface area contributed by atoms with Gasteiger partial charge in [-0.3, -0.25) is 0 Å². The SMILES string of the molecule is CNc1cc(N2CCOC(C)(C)C2)ncn1. The Hall–Kier alpha value is -1.36. The van der Waals surface area contributed by atoms with Crippen molar-refractivity contribution in [3.8, 4) is 0 Å². The van der Waals surface area contributed by atoms with Crippen LogP contribution in [0.5, 0.6) is 0 Å². The minimum Gasteiger partial charge on any atom is -0.373 e. The third kappa shape index (κ3) is 2.41. The van der Waals surface area contributed by atoms with Crippen LogP contribution in [0.4, 0.5) is 11.6 Å². The summed E-state index contributed by atoms with van der Waals surface area (Å²) >= 11 is 0. The van der Waals surface area contributed by atoms with E-state index < -0.39 is 0 Å². The highest BCUT2D eigenvalue weighted by Crippen LogP contribution is 2.22. The third-order valence-electron chi connectivity index (χ3n) is 2.66. The van der Waals surface area contributed by atoms with Crippen molar-refractivity contribution in [2.45, 2.75) is 19.4 Å². The van der Waals surface area contributed by atoms with Crippen LogP contribution in [0.1, 0.15) is 13.8 Å². The molecule has 0 saturated carbocycles. The van der Waals surface area contributed by atoms with Gasteiger partial charge in [0.15, 0.2) is 0 Å². The summed E-state index contributed by atoms with van der Waals surface area (Å²) in [5, 5.41) is 3.02. The zero-order valence-corrected chi connectivity index (χ0v) is 10.0. The number of morpholine rings is 1. The van der Waals surface area contributed by atoms with Crippen molar-refractivity contribution in [3.05, 3.63) is 12.4 Å². The minimum atomic E-state index is -0.108. The number of hydrogen-bond donors (Lipinski definition) is 1. The highest BCUT2D eigenvalue weighted by molar-refractivity contribution is 5.48. The first-order valence-electron chi connectivity index (χ1n) is 5.49. The van der Waals surface area contributed by atoms with Crippen molar-refractivity contribution >= 4 is 11.6 Å². The molecular formula is C11H18N4O. The van der Waals surface area contributed by atoms with Gasteiger partial charge in [0.2, 0.25) is 0 Å². The Morgan fingerprint density at radius 2 is 2.25 bits per heavy atom. The number of nitrogens with one attached hydrogen (secondary N) is 1. The standard InChI is InChI=1S/C11H18N4O/c1-11(2)7-15(4-5-16-11)10-6-9(12-3)13-8-14-10/h6,8H,4-5,7H2,1-3H3,(H,12,13,14). The average molecular weight is 222 g/mol. The first-order chi connectivity index (χ1) is 7.61. The van der Waals surface area contributed by atoms with E-state index in [-0.39, 0.29) is 5.60 Å². The molecule has 16 heavy (non-hydrogen) atoms. The van der Waals surface area contributed by atoms with Crippen molar-refractivity contribution in [1.29, 1.82) is 0 Å². The zero-order valence-electron chi connectivity index (χ0n) is 10.0. The summed E-state index contributed by atoms with van der Waals surface area (Å²) in [7, 11) is 1.86. The topological polar surface area (TPSA) is 50.3 Å². The van der Waals surface area contributed by atoms with Crippen molar-refractivity contribution in [3.63, 3.8) is 0 Å². The second-order valence-electron chi connectivity index (χ2n) is 4.54. The van der Waals surface area contributed by atoms with E-state index in [9.17, 15) is 0 Å². The molecule has 1 aliphatic rings. The first-order valence-corrected chi connectivity index (χ1v) is 5.49. The number of ether oxygens (including phenoxy) is 1. The molecule has 0 aliphatic carbocycles. The van der Waals surface area contributed by atoms with Gasteiger partial charge >= 0.3 is 0 Å². The van der Waals surface area contributed by atoms with Gasteiger partial charge in [-0.05, 0) is 13.8 Å². The molecule has 1 fully saturated rings. The molecule has 1 saturated heterocycles. The van der Waals surface area contributed by atoms with Gasteiger partial charge in [-0.2, -0.15) is 0 Å². The van der Waals surface area contributed by atoms with Crippen LogP contribution < -0.4 is 10.2 Å². The van der Waals surface area contributed by atoms with Gasteiger partial charge < -0.3 is 15.0 Å². The molecular weight excluding hydrogens is 204 g/mol. The molecule has 88 valence electrons. The molecule has 5 nitrogen and oxygen atoms in total. The normalized spacial score (nSPS) is 19.6. The quantitative estimate of drug-likeness (QED) is 0.813. The van der Waals surface area contributed by atoms with Crippen molar-refractivity contribution in [2.24, 2.45) is 0 Å². The second-order valence-corrected chi connectivity index (χ2v) is 4.54. The van der Waals surface area contributed by atoms with E-state index in [4.69, 9.17) is 4.74 Å². The molecule has 1 aromatic rings. The largest absolute Gasteiger partial charge is 0.373 e. The highest BCUT2D eigenvalue weighted by atomic mass is 16.5. The van der Waals surface area contributed by atoms with Crippen LogP contribution >= 0.6 is 0 Å². The van der Waals surface area contributed by atoms with Crippen LogP contribution in [0.15, 0.2) is 12.4 Å². The van der Waals surface area contributed by atoms with E-state index in [1.165, 1.54) is 0 Å². The predicted octanol–water partition coefficient (Wildman–Crippen LogP) is 1.13. The molecule has 0 aromatic carbocycles. The summed E-state index contributed by atoms with van der Waals surface area (Å²) in [6.07, 6.45) is 1.59. The predicted molar refractivity (Wildman–Crippen MR) is 63.8 cm³/mol. The Balaban J connectivity index is 2.16. The highest BCUT2D eigenvalue weighted by Gasteiger charge is 2.27. The molecule has 2 rings (SSSR count). The van der Waals surface area contributed by atoms with Gasteiger partial charge in [0.25, 0.3) is 0 Å². The molecule has 5 heteroatoms. The molecule has 0 atom stereocenters. The van der Waals surface area contributed by atoms with Crippen molar-refractivity contribution in [1.82, 2.24) is 9.97 Å². The van der Waals surface area contributed by atoms with Crippen LogP contribution in [0, 0.1) is 0 Å². The number of aromatic nitrogens is 2. The van der Waals surface area contributed by atoms with E-state index in [2.05, 4.69) is 34.0 Å². The van der Waals surface area contributed by atoms with E-state index in [0.29, 0.717) is 0 Å². The van der Waals surface area contributed by atoms with Crippen molar-refractivity contribution < 1.29 is 4.74 Å². The van der Waals surface area contributed by atoms with Gasteiger partial charge in [-0.25, -0.2) is 9.97 Å². The molecule has 1 N–H and O–H groups in total. The smallest absolute Gasteiger partial charge is 0.134 e. The maximum atomic E-state index is 5.67. The number of hydrogen-bond acceptors (Lipinski definition) is 5. The fourth-order valence-electron chi connectivity index (χ4n) is 1.87. The Labute approximate surface area is 95.8 Å². The molecule has 2 heterocycles. The molecule has 0 amide bonds. The van der Waals surface area contributed by atoms with Gasteiger partial charge in [0.05, 0.1) is 12.2 Å². The summed E-state index contributed by atoms with van der Waals surface area (Å²) < 4.78 is 5.67. The maximum Gasteiger partial charge on any atom is 0.134 e. The van der Waals surface area contributed by atoms with Crippen LogP contribution in [-0.2, 0) is 4.74 Å². The fourth-order valence-corrected chi connectivity index (χ4v) is 1.87. The Kier molecular flexibility index (Phi) is 2.96. The lowest BCUT2D eigenvalue weighted by Gasteiger charge is -2.38. The van der Waals surface area contributed by atoms with Crippen LogP contribution in [0.3, 0.4) is 0 Å². The summed E-state index contributed by atoms with van der Waals surface area (Å²) in [5.74, 6) is 1.80. The second kappa shape index (κ2) is 4.25. The Bertz CT molecular complexity index is 367. The average Bonchev–Trinajstić information content (AvgIpc) is 2.28. The molecule has 1 aliphatic heterocycles. The molecule has 0 radical (unpaired) electrons. The zero-order chi connectivity index (χ0) is 11.6. The minimum absolute atomic E-state index is 0.108.